The normalized spacial score (nSPS) is 12.2. The first-order chi connectivity index (χ1) is 12.0. The number of imidazole rings is 1. The third kappa shape index (κ3) is 4.06. The molecule has 0 unspecified atom stereocenters. The van der Waals surface area contributed by atoms with Crippen LogP contribution in [-0.2, 0) is 17.8 Å². The van der Waals surface area contributed by atoms with Gasteiger partial charge in [0.2, 0.25) is 18.5 Å². The van der Waals surface area contributed by atoms with E-state index in [-0.39, 0.29) is 24.9 Å². The average molecular weight is 346 g/mol. The number of benzene rings is 1. The molecular weight excluding hydrogens is 328 g/mol. The second kappa shape index (κ2) is 7.20. The highest BCUT2D eigenvalue weighted by molar-refractivity contribution is 5.75. The lowest BCUT2D eigenvalue weighted by Crippen LogP contribution is -2.26. The second-order valence-corrected chi connectivity index (χ2v) is 5.63. The zero-order chi connectivity index (χ0) is 17.8. The van der Waals surface area contributed by atoms with Crippen LogP contribution in [0.5, 0.6) is 11.5 Å². The van der Waals surface area contributed by atoms with Gasteiger partial charge in [-0.2, -0.15) is 0 Å². The number of nitrogens with one attached hydrogen (secondary N) is 1. The van der Waals surface area contributed by atoms with Crippen LogP contribution in [0.25, 0.3) is 0 Å². The molecular formula is C16H18N4O5. The lowest BCUT2D eigenvalue weighted by atomic mass is 10.1. The molecule has 9 nitrogen and oxygen atoms in total. The van der Waals surface area contributed by atoms with Crippen molar-refractivity contribution in [3.05, 3.63) is 45.9 Å². The van der Waals surface area contributed by atoms with Gasteiger partial charge in [-0.25, -0.2) is 0 Å². The topological polar surface area (TPSA) is 109 Å². The number of aromatic nitrogens is 2. The number of carbonyl (C=O) groups excluding carboxylic acids is 1. The van der Waals surface area contributed by atoms with Crippen molar-refractivity contribution in [3.63, 3.8) is 0 Å². The Morgan fingerprint density at radius 3 is 2.96 bits per heavy atom. The Bertz CT molecular complexity index is 802. The number of aryl methyl sites for hydroxylation is 2. The largest absolute Gasteiger partial charge is 0.454 e. The number of nitro groups is 1. The molecule has 1 aromatic carbocycles. The molecule has 0 fully saturated rings. The number of amides is 1. The standard InChI is InChI=1S/C16H18N4O5/c1-11-18-15(20(22)23)9-19(11)7-5-16(21)17-6-4-12-2-3-13-14(8-12)25-10-24-13/h2-3,8-9H,4-7,10H2,1H3,(H,17,21). The van der Waals surface area contributed by atoms with Gasteiger partial charge in [0, 0.05) is 26.4 Å². The number of fused-ring (bicyclic) bond motifs is 1. The zero-order valence-corrected chi connectivity index (χ0v) is 13.7. The Morgan fingerprint density at radius 2 is 2.20 bits per heavy atom. The van der Waals surface area contributed by atoms with E-state index in [4.69, 9.17) is 9.47 Å². The smallest absolute Gasteiger partial charge is 0.381 e. The number of carbonyl (C=O) groups is 1. The Labute approximate surface area is 143 Å². The summed E-state index contributed by atoms with van der Waals surface area (Å²) in [5, 5.41) is 13.5. The van der Waals surface area contributed by atoms with Gasteiger partial charge in [-0.05, 0) is 34.0 Å². The first kappa shape index (κ1) is 16.7. The molecule has 0 bridgehead atoms. The van der Waals surface area contributed by atoms with Crippen LogP contribution in [-0.4, -0.2) is 33.7 Å². The first-order valence-corrected chi connectivity index (χ1v) is 7.86. The van der Waals surface area contributed by atoms with E-state index < -0.39 is 4.92 Å². The quantitative estimate of drug-likeness (QED) is 0.602. The predicted octanol–water partition coefficient (Wildman–Crippen LogP) is 1.58. The molecule has 0 saturated carbocycles. The molecule has 2 heterocycles. The van der Waals surface area contributed by atoms with Crippen molar-refractivity contribution in [2.75, 3.05) is 13.3 Å². The summed E-state index contributed by atoms with van der Waals surface area (Å²) in [4.78, 5) is 25.9. The number of hydrogen-bond donors (Lipinski definition) is 1. The van der Waals surface area contributed by atoms with E-state index in [1.807, 2.05) is 18.2 Å². The molecule has 1 amide bonds. The van der Waals surface area contributed by atoms with E-state index in [9.17, 15) is 14.9 Å². The molecule has 1 aliphatic rings. The molecule has 1 aliphatic heterocycles. The van der Waals surface area contributed by atoms with E-state index >= 15 is 0 Å². The van der Waals surface area contributed by atoms with Crippen LogP contribution in [0, 0.1) is 17.0 Å². The van der Waals surface area contributed by atoms with Crippen molar-refractivity contribution in [1.82, 2.24) is 14.9 Å². The lowest BCUT2D eigenvalue weighted by Gasteiger charge is -2.07. The number of ether oxygens (including phenoxy) is 2. The molecule has 0 saturated heterocycles. The fraction of sp³-hybridized carbons (Fsp3) is 0.375. The summed E-state index contributed by atoms with van der Waals surface area (Å²) in [5.74, 6) is 1.65. The van der Waals surface area contributed by atoms with Crippen molar-refractivity contribution in [2.45, 2.75) is 26.3 Å². The molecule has 1 aromatic heterocycles. The minimum Gasteiger partial charge on any atom is -0.454 e. The van der Waals surface area contributed by atoms with Gasteiger partial charge in [-0.3, -0.25) is 4.79 Å². The molecule has 25 heavy (non-hydrogen) atoms. The summed E-state index contributed by atoms with van der Waals surface area (Å²) < 4.78 is 12.2. The molecule has 2 aromatic rings. The third-order valence-corrected chi connectivity index (χ3v) is 3.90. The van der Waals surface area contributed by atoms with Crippen LogP contribution in [0.2, 0.25) is 0 Å². The van der Waals surface area contributed by atoms with Gasteiger partial charge in [0.25, 0.3) is 0 Å². The number of rotatable bonds is 7. The monoisotopic (exact) mass is 346 g/mol. The zero-order valence-electron chi connectivity index (χ0n) is 13.7. The van der Waals surface area contributed by atoms with Gasteiger partial charge >= 0.3 is 5.82 Å². The average Bonchev–Trinajstić information content (AvgIpc) is 3.19. The van der Waals surface area contributed by atoms with Crippen LogP contribution in [0.3, 0.4) is 0 Å². The molecule has 0 aliphatic carbocycles. The van der Waals surface area contributed by atoms with Crippen LogP contribution >= 0.6 is 0 Å². The highest BCUT2D eigenvalue weighted by atomic mass is 16.7. The second-order valence-electron chi connectivity index (χ2n) is 5.63. The summed E-state index contributed by atoms with van der Waals surface area (Å²) in [6.07, 6.45) is 2.25. The number of nitrogens with zero attached hydrogens (tertiary/aromatic N) is 3. The Morgan fingerprint density at radius 1 is 1.40 bits per heavy atom. The minimum atomic E-state index is -0.547. The number of hydrogen-bond acceptors (Lipinski definition) is 6. The third-order valence-electron chi connectivity index (χ3n) is 3.90. The lowest BCUT2D eigenvalue weighted by molar-refractivity contribution is -0.389. The maximum atomic E-state index is 11.9. The maximum Gasteiger partial charge on any atom is 0.381 e. The van der Waals surface area contributed by atoms with Crippen LogP contribution < -0.4 is 14.8 Å². The summed E-state index contributed by atoms with van der Waals surface area (Å²) in [6.45, 7) is 2.76. The van der Waals surface area contributed by atoms with E-state index in [1.54, 1.807) is 11.5 Å². The van der Waals surface area contributed by atoms with E-state index in [2.05, 4.69) is 10.3 Å². The molecule has 0 atom stereocenters. The molecule has 132 valence electrons. The van der Waals surface area contributed by atoms with E-state index in [1.165, 1.54) is 6.20 Å². The van der Waals surface area contributed by atoms with Gasteiger partial charge in [0.15, 0.2) is 11.5 Å². The van der Waals surface area contributed by atoms with E-state index in [0.29, 0.717) is 25.3 Å². The predicted molar refractivity (Wildman–Crippen MR) is 87.5 cm³/mol. The van der Waals surface area contributed by atoms with Gasteiger partial charge in [0.05, 0.1) is 0 Å². The van der Waals surface area contributed by atoms with Crippen molar-refractivity contribution < 1.29 is 19.2 Å². The van der Waals surface area contributed by atoms with Gasteiger partial charge in [-0.1, -0.05) is 6.07 Å². The van der Waals surface area contributed by atoms with Crippen LogP contribution in [0.1, 0.15) is 17.8 Å². The van der Waals surface area contributed by atoms with Crippen molar-refractivity contribution in [1.29, 1.82) is 0 Å². The van der Waals surface area contributed by atoms with Crippen molar-refractivity contribution in [2.24, 2.45) is 0 Å². The summed E-state index contributed by atoms with van der Waals surface area (Å²) in [5.41, 5.74) is 1.05. The van der Waals surface area contributed by atoms with Crippen molar-refractivity contribution >= 4 is 11.7 Å². The summed E-state index contributed by atoms with van der Waals surface area (Å²) in [7, 11) is 0. The van der Waals surface area contributed by atoms with Crippen LogP contribution in [0.15, 0.2) is 24.4 Å². The van der Waals surface area contributed by atoms with Gasteiger partial charge in [-0.15, -0.1) is 0 Å². The fourth-order valence-electron chi connectivity index (χ4n) is 2.56. The molecule has 9 heteroatoms. The van der Waals surface area contributed by atoms with Gasteiger partial charge < -0.3 is 29.5 Å². The Kier molecular flexibility index (Phi) is 4.82. The fourth-order valence-corrected chi connectivity index (χ4v) is 2.56. The van der Waals surface area contributed by atoms with Crippen LogP contribution in [0.4, 0.5) is 5.82 Å². The van der Waals surface area contributed by atoms with E-state index in [0.717, 1.165) is 17.1 Å². The molecule has 0 radical (unpaired) electrons. The highest BCUT2D eigenvalue weighted by Crippen LogP contribution is 2.32. The Balaban J connectivity index is 1.43. The molecule has 1 N–H and O–H groups in total. The first-order valence-electron chi connectivity index (χ1n) is 7.86. The van der Waals surface area contributed by atoms with Crippen molar-refractivity contribution in [3.8, 4) is 11.5 Å². The highest BCUT2D eigenvalue weighted by Gasteiger charge is 2.16. The SMILES string of the molecule is Cc1nc([N+](=O)[O-])cn1CCC(=O)NCCc1ccc2c(c1)OCO2. The summed E-state index contributed by atoms with van der Waals surface area (Å²) >= 11 is 0. The molecule has 0 spiro atoms. The Hall–Kier alpha value is -3.10. The summed E-state index contributed by atoms with van der Waals surface area (Å²) in [6, 6.07) is 5.70. The minimum absolute atomic E-state index is 0.114. The molecule has 3 rings (SSSR count). The van der Waals surface area contributed by atoms with Gasteiger partial charge in [0.1, 0.15) is 6.20 Å². The maximum absolute atomic E-state index is 11.9.